The maximum absolute atomic E-state index is 13.0. The van der Waals surface area contributed by atoms with Gasteiger partial charge in [0.2, 0.25) is 11.8 Å². The lowest BCUT2D eigenvalue weighted by Gasteiger charge is -2.17. The summed E-state index contributed by atoms with van der Waals surface area (Å²) in [6, 6.07) is 8.86. The number of rotatable bonds is 3. The summed E-state index contributed by atoms with van der Waals surface area (Å²) in [5, 5.41) is 13.2. The lowest BCUT2D eigenvalue weighted by Crippen LogP contribution is -2.32. The van der Waals surface area contributed by atoms with Gasteiger partial charge in [0.25, 0.3) is 5.91 Å². The molecule has 2 heterocycles. The van der Waals surface area contributed by atoms with Crippen LogP contribution in [0.3, 0.4) is 0 Å². The summed E-state index contributed by atoms with van der Waals surface area (Å²) in [5.41, 5.74) is 2.58. The number of carbonyl (C=O) groups excluding carboxylic acids is 3. The van der Waals surface area contributed by atoms with Crippen molar-refractivity contribution in [2.24, 2.45) is 29.6 Å². The number of anilines is 2. The van der Waals surface area contributed by atoms with E-state index in [-0.39, 0.29) is 41.4 Å². The van der Waals surface area contributed by atoms with Gasteiger partial charge in [-0.15, -0.1) is 11.3 Å². The third kappa shape index (κ3) is 3.01. The minimum Gasteiger partial charge on any atom is -0.312 e. The van der Waals surface area contributed by atoms with Crippen LogP contribution >= 0.6 is 11.3 Å². The van der Waals surface area contributed by atoms with Crippen LogP contribution in [-0.4, -0.2) is 17.7 Å². The van der Waals surface area contributed by atoms with Gasteiger partial charge in [0, 0.05) is 10.4 Å². The lowest BCUT2D eigenvalue weighted by molar-refractivity contribution is -0.123. The molecule has 2 aromatic rings. The van der Waals surface area contributed by atoms with Crippen molar-refractivity contribution < 1.29 is 14.4 Å². The highest BCUT2D eigenvalue weighted by molar-refractivity contribution is 7.16. The van der Waals surface area contributed by atoms with Gasteiger partial charge in [-0.1, -0.05) is 19.1 Å². The van der Waals surface area contributed by atoms with Crippen LogP contribution in [0.4, 0.5) is 10.7 Å². The molecule has 33 heavy (non-hydrogen) atoms. The van der Waals surface area contributed by atoms with Crippen molar-refractivity contribution in [3.63, 3.8) is 0 Å². The van der Waals surface area contributed by atoms with Gasteiger partial charge in [-0.05, 0) is 73.3 Å². The van der Waals surface area contributed by atoms with E-state index in [9.17, 15) is 19.6 Å². The first kappa shape index (κ1) is 20.4. The highest BCUT2D eigenvalue weighted by Gasteiger charge is 2.59. The smallest absolute Gasteiger partial charge is 0.256 e. The Balaban J connectivity index is 1.21. The Labute approximate surface area is 195 Å². The predicted molar refractivity (Wildman–Crippen MR) is 125 cm³/mol. The Bertz CT molecular complexity index is 1240. The molecule has 1 saturated carbocycles. The molecule has 4 aliphatic rings. The molecule has 1 aliphatic heterocycles. The molecule has 3 aliphatic carbocycles. The molecule has 0 unspecified atom stereocenters. The maximum atomic E-state index is 13.0. The number of amides is 3. The fraction of sp³-hybridized carbons (Fsp3) is 0.385. The average molecular weight is 458 g/mol. The van der Waals surface area contributed by atoms with E-state index in [1.807, 2.05) is 0 Å². The molecule has 1 aromatic carbocycles. The molecular weight excluding hydrogens is 434 g/mol. The quantitative estimate of drug-likeness (QED) is 0.549. The maximum Gasteiger partial charge on any atom is 0.256 e. The van der Waals surface area contributed by atoms with Crippen molar-refractivity contribution in [2.45, 2.75) is 32.6 Å². The van der Waals surface area contributed by atoms with Gasteiger partial charge < -0.3 is 5.32 Å². The Kier molecular flexibility index (Phi) is 4.56. The van der Waals surface area contributed by atoms with E-state index < -0.39 is 0 Å². The summed E-state index contributed by atoms with van der Waals surface area (Å²) in [6.07, 6.45) is 7.92. The number of nitriles is 1. The van der Waals surface area contributed by atoms with Crippen LogP contribution in [0.25, 0.3) is 0 Å². The number of imide groups is 1. The fourth-order valence-electron chi connectivity index (χ4n) is 6.05. The minimum absolute atomic E-state index is 0.129. The van der Waals surface area contributed by atoms with Crippen molar-refractivity contribution in [1.82, 2.24) is 0 Å². The highest BCUT2D eigenvalue weighted by Crippen LogP contribution is 2.53. The summed E-state index contributed by atoms with van der Waals surface area (Å²) in [7, 11) is 0. The first-order chi connectivity index (χ1) is 16.0. The number of benzene rings is 1. The molecule has 3 amide bonds. The van der Waals surface area contributed by atoms with Gasteiger partial charge in [0.05, 0.1) is 23.1 Å². The number of hydrogen-bond acceptors (Lipinski definition) is 5. The van der Waals surface area contributed by atoms with Crippen LogP contribution in [0.15, 0.2) is 36.4 Å². The SMILES string of the molecule is C[C@@H]1CCc2c(sc(NC(=O)c3ccc(N4C(=O)[C@H]5[C@H](C4=O)[C@H]4C=C[C@H]5C4)cc3)c2C#N)C1. The first-order valence-electron chi connectivity index (χ1n) is 11.5. The predicted octanol–water partition coefficient (Wildman–Crippen LogP) is 4.31. The van der Waals surface area contributed by atoms with Crippen molar-refractivity contribution >= 4 is 39.7 Å². The standard InChI is InChI=1S/C26H23N3O3S/c1-13-2-9-18-19(12-27)24(33-20(18)10-13)28-23(30)14-5-7-17(8-6-14)29-25(31)21-15-3-4-16(11-15)22(21)26(29)32/h3-8,13,15-16,21-22H,2,9-11H2,1H3,(H,28,30)/t13-,15+,16+,21-,22-/m1/s1. The lowest BCUT2D eigenvalue weighted by atomic mass is 9.85. The van der Waals surface area contributed by atoms with Gasteiger partial charge in [0.15, 0.2) is 0 Å². The molecule has 2 bridgehead atoms. The molecule has 1 saturated heterocycles. The molecule has 6 rings (SSSR count). The van der Waals surface area contributed by atoms with E-state index in [0.29, 0.717) is 27.7 Å². The third-order valence-corrected chi connectivity index (χ3v) is 8.88. The van der Waals surface area contributed by atoms with Gasteiger partial charge in [-0.2, -0.15) is 5.26 Å². The molecule has 7 heteroatoms. The molecule has 1 N–H and O–H groups in total. The first-order valence-corrected chi connectivity index (χ1v) is 12.3. The van der Waals surface area contributed by atoms with Crippen molar-refractivity contribution in [2.75, 3.05) is 10.2 Å². The van der Waals surface area contributed by atoms with E-state index in [2.05, 4.69) is 30.5 Å². The number of thiophene rings is 1. The molecule has 166 valence electrons. The second kappa shape index (κ2) is 7.39. The normalized spacial score (nSPS) is 29.2. The second-order valence-electron chi connectivity index (χ2n) is 9.68. The van der Waals surface area contributed by atoms with E-state index in [0.717, 1.165) is 31.2 Å². The Morgan fingerprint density at radius 3 is 2.42 bits per heavy atom. The average Bonchev–Trinajstić information content (AvgIpc) is 3.55. The van der Waals surface area contributed by atoms with Gasteiger partial charge >= 0.3 is 0 Å². The zero-order valence-electron chi connectivity index (χ0n) is 18.2. The molecule has 1 aromatic heterocycles. The van der Waals surface area contributed by atoms with E-state index in [1.54, 1.807) is 24.3 Å². The largest absolute Gasteiger partial charge is 0.312 e. The number of allylic oxidation sites excluding steroid dienone is 2. The summed E-state index contributed by atoms with van der Waals surface area (Å²) >= 11 is 1.50. The van der Waals surface area contributed by atoms with Crippen molar-refractivity contribution in [3.05, 3.63) is 58.0 Å². The van der Waals surface area contributed by atoms with Gasteiger partial charge in [0.1, 0.15) is 11.1 Å². The zero-order valence-corrected chi connectivity index (χ0v) is 19.0. The van der Waals surface area contributed by atoms with Crippen LogP contribution in [0, 0.1) is 40.9 Å². The monoisotopic (exact) mass is 457 g/mol. The van der Waals surface area contributed by atoms with Crippen LogP contribution < -0.4 is 10.2 Å². The van der Waals surface area contributed by atoms with Crippen LogP contribution in [0.1, 0.15) is 46.1 Å². The Morgan fingerprint density at radius 1 is 1.12 bits per heavy atom. The molecule has 0 spiro atoms. The van der Waals surface area contributed by atoms with Gasteiger partial charge in [-0.3, -0.25) is 19.3 Å². The number of fused-ring (bicyclic) bond motifs is 6. The zero-order chi connectivity index (χ0) is 22.9. The van der Waals surface area contributed by atoms with Crippen molar-refractivity contribution in [1.29, 1.82) is 5.26 Å². The number of nitrogens with one attached hydrogen (secondary N) is 1. The molecule has 2 fully saturated rings. The van der Waals surface area contributed by atoms with E-state index >= 15 is 0 Å². The fourth-order valence-corrected chi connectivity index (χ4v) is 7.41. The molecule has 6 nitrogen and oxygen atoms in total. The van der Waals surface area contributed by atoms with Crippen LogP contribution in [0.5, 0.6) is 0 Å². The minimum atomic E-state index is -0.303. The topological polar surface area (TPSA) is 90.3 Å². The number of hydrogen-bond donors (Lipinski definition) is 1. The van der Waals surface area contributed by atoms with Gasteiger partial charge in [-0.25, -0.2) is 0 Å². The van der Waals surface area contributed by atoms with E-state index in [4.69, 9.17) is 0 Å². The molecule has 0 radical (unpaired) electrons. The Hall–Kier alpha value is -3.24. The summed E-state index contributed by atoms with van der Waals surface area (Å²) in [5.74, 6) is -0.129. The second-order valence-corrected chi connectivity index (χ2v) is 10.8. The van der Waals surface area contributed by atoms with Crippen molar-refractivity contribution in [3.8, 4) is 6.07 Å². The number of nitrogens with zero attached hydrogens (tertiary/aromatic N) is 2. The number of carbonyl (C=O) groups is 3. The third-order valence-electron chi connectivity index (χ3n) is 7.71. The Morgan fingerprint density at radius 2 is 1.79 bits per heavy atom. The highest BCUT2D eigenvalue weighted by atomic mass is 32.1. The van der Waals surface area contributed by atoms with E-state index in [1.165, 1.54) is 21.1 Å². The summed E-state index contributed by atoms with van der Waals surface area (Å²) in [6.45, 7) is 2.21. The van der Waals surface area contributed by atoms with Crippen LogP contribution in [0.2, 0.25) is 0 Å². The summed E-state index contributed by atoms with van der Waals surface area (Å²) in [4.78, 5) is 41.4. The molecule has 5 atom stereocenters. The summed E-state index contributed by atoms with van der Waals surface area (Å²) < 4.78 is 0. The molecular formula is C26H23N3O3S. The van der Waals surface area contributed by atoms with Crippen LogP contribution in [-0.2, 0) is 22.4 Å².